The van der Waals surface area contributed by atoms with Gasteiger partial charge in [-0.2, -0.15) is 0 Å². The monoisotopic (exact) mass is 304 g/mol. The van der Waals surface area contributed by atoms with Crippen LogP contribution in [0.1, 0.15) is 50.9 Å². The van der Waals surface area contributed by atoms with E-state index in [0.717, 1.165) is 24.2 Å². The fourth-order valence-electron chi connectivity index (χ4n) is 2.91. The molecule has 0 unspecified atom stereocenters. The van der Waals surface area contributed by atoms with Crippen molar-refractivity contribution in [3.63, 3.8) is 0 Å². The standard InChI is InChI=1S/C17H28N4O/c1-13-11-20-14(12-19-13)7-10-18-16(22)21(4)15-5-8-17(2,3)9-6-15/h11-12,15H,5-10H2,1-4H3,(H,18,22). The minimum absolute atomic E-state index is 0.0183. The van der Waals surface area contributed by atoms with Crippen LogP contribution in [0.3, 0.4) is 0 Å². The Kier molecular flexibility index (Phi) is 5.37. The number of carbonyl (C=O) groups excluding carboxylic acids is 1. The molecule has 1 aromatic heterocycles. The summed E-state index contributed by atoms with van der Waals surface area (Å²) in [5.74, 6) is 0. The lowest BCUT2D eigenvalue weighted by atomic mass is 9.75. The summed E-state index contributed by atoms with van der Waals surface area (Å²) in [7, 11) is 1.91. The van der Waals surface area contributed by atoms with Gasteiger partial charge in [-0.1, -0.05) is 13.8 Å². The van der Waals surface area contributed by atoms with Gasteiger partial charge in [0.05, 0.1) is 11.4 Å². The van der Waals surface area contributed by atoms with Crippen LogP contribution in [0.4, 0.5) is 4.79 Å². The molecule has 22 heavy (non-hydrogen) atoms. The third-order valence-electron chi connectivity index (χ3n) is 4.67. The lowest BCUT2D eigenvalue weighted by molar-refractivity contribution is 0.135. The number of carbonyl (C=O) groups is 1. The first-order chi connectivity index (χ1) is 10.4. The molecule has 5 nitrogen and oxygen atoms in total. The molecule has 1 saturated carbocycles. The molecule has 0 radical (unpaired) electrons. The maximum absolute atomic E-state index is 12.2. The van der Waals surface area contributed by atoms with Crippen LogP contribution >= 0.6 is 0 Å². The van der Waals surface area contributed by atoms with Crippen LogP contribution < -0.4 is 5.32 Å². The predicted molar refractivity (Wildman–Crippen MR) is 87.7 cm³/mol. The van der Waals surface area contributed by atoms with Crippen LogP contribution in [-0.4, -0.2) is 40.5 Å². The highest BCUT2D eigenvalue weighted by molar-refractivity contribution is 5.74. The summed E-state index contributed by atoms with van der Waals surface area (Å²) in [5, 5.41) is 2.98. The van der Waals surface area contributed by atoms with E-state index in [1.54, 1.807) is 12.4 Å². The Labute approximate surface area is 133 Å². The molecule has 122 valence electrons. The minimum Gasteiger partial charge on any atom is -0.338 e. The molecule has 0 spiro atoms. The Morgan fingerprint density at radius 1 is 1.32 bits per heavy atom. The van der Waals surface area contributed by atoms with Crippen molar-refractivity contribution in [2.24, 2.45) is 5.41 Å². The van der Waals surface area contributed by atoms with Gasteiger partial charge < -0.3 is 10.2 Å². The number of aromatic nitrogens is 2. The molecule has 2 amide bonds. The van der Waals surface area contributed by atoms with Crippen molar-refractivity contribution < 1.29 is 4.79 Å². The Bertz CT molecular complexity index is 488. The molecule has 1 aromatic rings. The van der Waals surface area contributed by atoms with E-state index in [1.165, 1.54) is 12.8 Å². The number of hydrogen-bond acceptors (Lipinski definition) is 3. The van der Waals surface area contributed by atoms with Gasteiger partial charge in [0.2, 0.25) is 0 Å². The van der Waals surface area contributed by atoms with E-state index < -0.39 is 0 Å². The number of rotatable bonds is 4. The highest BCUT2D eigenvalue weighted by atomic mass is 16.2. The molecule has 0 saturated heterocycles. The second kappa shape index (κ2) is 7.07. The molecule has 0 aromatic carbocycles. The van der Waals surface area contributed by atoms with Crippen molar-refractivity contribution in [1.29, 1.82) is 0 Å². The van der Waals surface area contributed by atoms with Gasteiger partial charge in [0.1, 0.15) is 0 Å². The second-order valence-electron chi connectivity index (χ2n) is 7.14. The zero-order chi connectivity index (χ0) is 16.2. The van der Waals surface area contributed by atoms with Gasteiger partial charge in [0.15, 0.2) is 0 Å². The highest BCUT2D eigenvalue weighted by Gasteiger charge is 2.30. The maximum Gasteiger partial charge on any atom is 0.317 e. The van der Waals surface area contributed by atoms with Crippen LogP contribution in [0.15, 0.2) is 12.4 Å². The van der Waals surface area contributed by atoms with E-state index in [2.05, 4.69) is 29.1 Å². The number of nitrogens with one attached hydrogen (secondary N) is 1. The van der Waals surface area contributed by atoms with Gasteiger partial charge in [-0.15, -0.1) is 0 Å². The lowest BCUT2D eigenvalue weighted by Crippen LogP contribution is -2.46. The van der Waals surface area contributed by atoms with Crippen molar-refractivity contribution in [2.75, 3.05) is 13.6 Å². The Morgan fingerprint density at radius 2 is 2.00 bits per heavy atom. The first-order valence-electron chi connectivity index (χ1n) is 8.15. The number of urea groups is 1. The summed E-state index contributed by atoms with van der Waals surface area (Å²) in [6.07, 6.45) is 8.81. The molecule has 0 bridgehead atoms. The maximum atomic E-state index is 12.2. The van der Waals surface area contributed by atoms with Gasteiger partial charge >= 0.3 is 6.03 Å². The summed E-state index contributed by atoms with van der Waals surface area (Å²) in [6.45, 7) is 7.13. The Balaban J connectivity index is 1.73. The Morgan fingerprint density at radius 3 is 2.59 bits per heavy atom. The molecule has 1 aliphatic rings. The van der Waals surface area contributed by atoms with Gasteiger partial charge in [-0.3, -0.25) is 9.97 Å². The van der Waals surface area contributed by atoms with Crippen LogP contribution in [0, 0.1) is 12.3 Å². The summed E-state index contributed by atoms with van der Waals surface area (Å²) >= 11 is 0. The van der Waals surface area contributed by atoms with Crippen molar-refractivity contribution >= 4 is 6.03 Å². The van der Waals surface area contributed by atoms with Gasteiger partial charge in [-0.25, -0.2) is 4.79 Å². The van der Waals surface area contributed by atoms with E-state index in [9.17, 15) is 4.79 Å². The van der Waals surface area contributed by atoms with Crippen LogP contribution in [0.25, 0.3) is 0 Å². The largest absolute Gasteiger partial charge is 0.338 e. The molecule has 1 fully saturated rings. The topological polar surface area (TPSA) is 58.1 Å². The second-order valence-corrected chi connectivity index (χ2v) is 7.14. The zero-order valence-electron chi connectivity index (χ0n) is 14.2. The third-order valence-corrected chi connectivity index (χ3v) is 4.67. The fraction of sp³-hybridized carbons (Fsp3) is 0.706. The van der Waals surface area contributed by atoms with Crippen molar-refractivity contribution in [3.8, 4) is 0 Å². The van der Waals surface area contributed by atoms with E-state index >= 15 is 0 Å². The van der Waals surface area contributed by atoms with Crippen LogP contribution in [0.5, 0.6) is 0 Å². The third kappa shape index (κ3) is 4.68. The van der Waals surface area contributed by atoms with E-state index in [1.807, 2.05) is 18.9 Å². The van der Waals surface area contributed by atoms with Crippen molar-refractivity contribution in [2.45, 2.75) is 58.9 Å². The molecule has 0 aliphatic heterocycles. The molecule has 1 N–H and O–H groups in total. The normalized spacial score (nSPS) is 18.0. The van der Waals surface area contributed by atoms with Gasteiger partial charge in [0, 0.05) is 38.4 Å². The fourth-order valence-corrected chi connectivity index (χ4v) is 2.91. The smallest absolute Gasteiger partial charge is 0.317 e. The van der Waals surface area contributed by atoms with Gasteiger partial charge in [0.25, 0.3) is 0 Å². The highest BCUT2D eigenvalue weighted by Crippen LogP contribution is 2.36. The van der Waals surface area contributed by atoms with Gasteiger partial charge in [-0.05, 0) is 38.0 Å². The number of aryl methyl sites for hydroxylation is 1. The van der Waals surface area contributed by atoms with E-state index in [0.29, 0.717) is 24.4 Å². The molecule has 1 heterocycles. The SMILES string of the molecule is Cc1cnc(CCNC(=O)N(C)C2CCC(C)(C)CC2)cn1. The Hall–Kier alpha value is -1.65. The van der Waals surface area contributed by atoms with E-state index in [-0.39, 0.29) is 6.03 Å². The summed E-state index contributed by atoms with van der Waals surface area (Å²) in [5.41, 5.74) is 2.25. The molecular formula is C17H28N4O. The first-order valence-corrected chi connectivity index (χ1v) is 8.15. The lowest BCUT2D eigenvalue weighted by Gasteiger charge is -2.38. The van der Waals surface area contributed by atoms with E-state index in [4.69, 9.17) is 0 Å². The molecule has 0 atom stereocenters. The molecule has 1 aliphatic carbocycles. The number of nitrogens with zero attached hydrogens (tertiary/aromatic N) is 3. The van der Waals surface area contributed by atoms with Crippen molar-refractivity contribution in [1.82, 2.24) is 20.2 Å². The van der Waals surface area contributed by atoms with Crippen molar-refractivity contribution in [3.05, 3.63) is 23.8 Å². The summed E-state index contributed by atoms with van der Waals surface area (Å²) in [6, 6.07) is 0.386. The summed E-state index contributed by atoms with van der Waals surface area (Å²) < 4.78 is 0. The van der Waals surface area contributed by atoms with Crippen LogP contribution in [0.2, 0.25) is 0 Å². The first kappa shape index (κ1) is 16.7. The van der Waals surface area contributed by atoms with Crippen LogP contribution in [-0.2, 0) is 6.42 Å². The zero-order valence-corrected chi connectivity index (χ0v) is 14.2. The average molecular weight is 304 g/mol. The molecular weight excluding hydrogens is 276 g/mol. The predicted octanol–water partition coefficient (Wildman–Crippen LogP) is 2.94. The molecule has 5 heteroatoms. The number of hydrogen-bond donors (Lipinski definition) is 1. The molecule has 2 rings (SSSR count). The minimum atomic E-state index is 0.0183. The summed E-state index contributed by atoms with van der Waals surface area (Å²) in [4.78, 5) is 22.6. The quantitative estimate of drug-likeness (QED) is 0.930. The average Bonchev–Trinajstić information content (AvgIpc) is 2.48. The number of amides is 2.